The number of carbonyl (C=O) groups is 1. The highest BCUT2D eigenvalue weighted by molar-refractivity contribution is 6.62. The maximum Gasteiger partial charge on any atom is 0.543 e. The van der Waals surface area contributed by atoms with E-state index in [1.54, 1.807) is 19.9 Å². The normalized spacial score (nSPS) is 14.6. The molecule has 17 heavy (non-hydrogen) atoms. The summed E-state index contributed by atoms with van der Waals surface area (Å²) in [7, 11) is 1.56. The van der Waals surface area contributed by atoms with E-state index in [2.05, 4.69) is 0 Å². The van der Waals surface area contributed by atoms with Crippen LogP contribution in [0, 0.1) is 0 Å². The van der Waals surface area contributed by atoms with Gasteiger partial charge in [0.1, 0.15) is 0 Å². The van der Waals surface area contributed by atoms with Crippen LogP contribution in [0.15, 0.2) is 11.6 Å². The first-order valence-electron chi connectivity index (χ1n) is 5.50. The third kappa shape index (κ3) is 3.92. The molecular weight excluding hydrogens is 240 g/mol. The quantitative estimate of drug-likeness (QED) is 0.397. The summed E-state index contributed by atoms with van der Waals surface area (Å²) in [4.78, 5) is 11.7. The minimum absolute atomic E-state index is 0.373. The van der Waals surface area contributed by atoms with E-state index in [0.717, 1.165) is 0 Å². The van der Waals surface area contributed by atoms with Crippen LogP contribution in [0.5, 0.6) is 0 Å². The van der Waals surface area contributed by atoms with Crippen LogP contribution in [0.3, 0.4) is 0 Å². The molecule has 0 amide bonds. The Morgan fingerprint density at radius 2 is 1.71 bits per heavy atom. The molecule has 5 nitrogen and oxygen atoms in total. The number of carbonyl (C=O) groups excluding carboxylic acids is 1. The summed E-state index contributed by atoms with van der Waals surface area (Å²) >= 11 is 0. The Labute approximate surface area is 104 Å². The molecule has 0 aliphatic carbocycles. The van der Waals surface area contributed by atoms with Gasteiger partial charge in [0.2, 0.25) is 0 Å². The minimum atomic E-state index is -2.94. The van der Waals surface area contributed by atoms with Crippen molar-refractivity contribution in [3.8, 4) is 0 Å². The van der Waals surface area contributed by atoms with Crippen molar-refractivity contribution in [2.45, 2.75) is 32.9 Å². The summed E-state index contributed by atoms with van der Waals surface area (Å²) in [6.45, 7) is 5.37. The molecule has 0 bridgehead atoms. The first-order chi connectivity index (χ1) is 8.01. The number of esters is 1. The molecule has 1 atom stereocenters. The molecule has 0 aliphatic heterocycles. The molecule has 100 valence electrons. The van der Waals surface area contributed by atoms with Crippen LogP contribution in [0.2, 0.25) is 0 Å². The fourth-order valence-corrected chi connectivity index (χ4v) is 3.43. The van der Waals surface area contributed by atoms with Gasteiger partial charge in [0.25, 0.3) is 0 Å². The highest BCUT2D eigenvalue weighted by Gasteiger charge is 2.49. The highest BCUT2D eigenvalue weighted by atomic mass is 28.4. The second-order valence-electron chi connectivity index (χ2n) is 3.49. The predicted octanol–water partition coefficient (Wildman–Crippen LogP) is 1.69. The first-order valence-corrected chi connectivity index (χ1v) is 7.30. The molecule has 0 rings (SSSR count). The molecule has 0 aromatic rings. The molecule has 0 saturated heterocycles. The second kappa shape index (κ2) is 7.60. The van der Waals surface area contributed by atoms with E-state index in [0.29, 0.717) is 12.0 Å². The SMILES string of the molecule is C/C=C(\C)C(=O)OC(CC)[Si](OC)(OC)OC. The lowest BCUT2D eigenvalue weighted by molar-refractivity contribution is -0.144. The lowest BCUT2D eigenvalue weighted by Crippen LogP contribution is -2.56. The molecular formula is C11H22O5Si. The largest absolute Gasteiger partial charge is 0.543 e. The molecule has 1 unspecified atom stereocenters. The van der Waals surface area contributed by atoms with Crippen molar-refractivity contribution in [1.29, 1.82) is 0 Å². The van der Waals surface area contributed by atoms with Crippen molar-refractivity contribution in [3.05, 3.63) is 11.6 Å². The zero-order valence-electron chi connectivity index (χ0n) is 11.4. The Balaban J connectivity index is 4.88. The van der Waals surface area contributed by atoms with Crippen molar-refractivity contribution in [1.82, 2.24) is 0 Å². The van der Waals surface area contributed by atoms with Crippen LogP contribution < -0.4 is 0 Å². The molecule has 0 radical (unpaired) electrons. The van der Waals surface area contributed by atoms with E-state index in [-0.39, 0.29) is 5.97 Å². The van der Waals surface area contributed by atoms with Gasteiger partial charge in [-0.25, -0.2) is 4.79 Å². The molecule has 0 aromatic carbocycles. The van der Waals surface area contributed by atoms with Crippen molar-refractivity contribution >= 4 is 14.8 Å². The molecule has 6 heteroatoms. The molecule has 0 heterocycles. The minimum Gasteiger partial charge on any atom is -0.454 e. The lowest BCUT2D eigenvalue weighted by Gasteiger charge is -2.31. The van der Waals surface area contributed by atoms with E-state index in [4.69, 9.17) is 18.0 Å². The zero-order valence-corrected chi connectivity index (χ0v) is 12.4. The first kappa shape index (κ1) is 16.3. The molecule has 0 saturated carbocycles. The van der Waals surface area contributed by atoms with Crippen molar-refractivity contribution in [2.75, 3.05) is 21.3 Å². The fraction of sp³-hybridized carbons (Fsp3) is 0.727. The Morgan fingerprint density at radius 1 is 1.24 bits per heavy atom. The summed E-state index contributed by atoms with van der Waals surface area (Å²) < 4.78 is 21.3. The van der Waals surface area contributed by atoms with Crippen LogP contribution in [-0.4, -0.2) is 41.8 Å². The van der Waals surface area contributed by atoms with Gasteiger partial charge in [0.05, 0.1) is 0 Å². The summed E-state index contributed by atoms with van der Waals surface area (Å²) in [5.74, 6) is -0.373. The Kier molecular flexibility index (Phi) is 7.29. The Morgan fingerprint density at radius 3 is 2.00 bits per heavy atom. The Bertz CT molecular complexity index is 265. The summed E-state index contributed by atoms with van der Waals surface area (Å²) in [5.41, 5.74) is 0.0551. The standard InChI is InChI=1S/C11H22O5Si/c1-7-9(3)11(12)16-10(8-2)17(13-4,14-5)15-6/h7,10H,8H2,1-6H3/b9-7+. The average Bonchev–Trinajstić information content (AvgIpc) is 2.38. The van der Waals surface area contributed by atoms with Gasteiger partial charge in [0, 0.05) is 26.9 Å². The van der Waals surface area contributed by atoms with E-state index < -0.39 is 14.5 Å². The number of allylic oxidation sites excluding steroid dienone is 1. The topological polar surface area (TPSA) is 54.0 Å². The second-order valence-corrected chi connectivity index (χ2v) is 6.57. The van der Waals surface area contributed by atoms with Gasteiger partial charge in [-0.3, -0.25) is 0 Å². The van der Waals surface area contributed by atoms with E-state index in [9.17, 15) is 4.79 Å². The van der Waals surface area contributed by atoms with Gasteiger partial charge in [-0.2, -0.15) is 0 Å². The summed E-state index contributed by atoms with van der Waals surface area (Å²) in [6.07, 6.45) is 2.27. The maximum absolute atomic E-state index is 11.7. The average molecular weight is 262 g/mol. The van der Waals surface area contributed by atoms with Gasteiger partial charge < -0.3 is 18.0 Å². The number of rotatable bonds is 7. The van der Waals surface area contributed by atoms with Gasteiger partial charge in [-0.05, 0) is 20.3 Å². The van der Waals surface area contributed by atoms with Crippen LogP contribution in [-0.2, 0) is 22.8 Å². The third-order valence-electron chi connectivity index (χ3n) is 2.62. The van der Waals surface area contributed by atoms with Crippen LogP contribution in [0.1, 0.15) is 27.2 Å². The fourth-order valence-electron chi connectivity index (χ4n) is 1.39. The third-order valence-corrected chi connectivity index (χ3v) is 5.64. The lowest BCUT2D eigenvalue weighted by atomic mass is 10.3. The molecule has 0 fully saturated rings. The van der Waals surface area contributed by atoms with Gasteiger partial charge in [-0.1, -0.05) is 13.0 Å². The van der Waals surface area contributed by atoms with Gasteiger partial charge >= 0.3 is 14.8 Å². The molecule has 0 aliphatic rings. The van der Waals surface area contributed by atoms with Crippen LogP contribution in [0.25, 0.3) is 0 Å². The summed E-state index contributed by atoms with van der Waals surface area (Å²) in [6, 6.07) is 0. The number of hydrogen-bond donors (Lipinski definition) is 0. The van der Waals surface area contributed by atoms with Crippen LogP contribution >= 0.6 is 0 Å². The van der Waals surface area contributed by atoms with E-state index in [1.165, 1.54) is 21.3 Å². The highest BCUT2D eigenvalue weighted by Crippen LogP contribution is 2.19. The van der Waals surface area contributed by atoms with Gasteiger partial charge in [-0.15, -0.1) is 0 Å². The Hall–Kier alpha value is -0.693. The number of hydrogen-bond acceptors (Lipinski definition) is 5. The molecule has 0 N–H and O–H groups in total. The number of ether oxygens (including phenoxy) is 1. The molecule has 0 aromatic heterocycles. The maximum atomic E-state index is 11.7. The predicted molar refractivity (Wildman–Crippen MR) is 66.4 cm³/mol. The van der Waals surface area contributed by atoms with Gasteiger partial charge in [0.15, 0.2) is 5.73 Å². The van der Waals surface area contributed by atoms with E-state index in [1.807, 2.05) is 6.92 Å². The van der Waals surface area contributed by atoms with E-state index >= 15 is 0 Å². The van der Waals surface area contributed by atoms with Crippen molar-refractivity contribution in [3.63, 3.8) is 0 Å². The van der Waals surface area contributed by atoms with Crippen LogP contribution in [0.4, 0.5) is 0 Å². The van der Waals surface area contributed by atoms with Crippen molar-refractivity contribution in [2.24, 2.45) is 0 Å². The summed E-state index contributed by atoms with van der Waals surface area (Å²) in [5, 5.41) is 0. The monoisotopic (exact) mass is 262 g/mol. The zero-order chi connectivity index (χ0) is 13.5. The smallest absolute Gasteiger partial charge is 0.454 e. The van der Waals surface area contributed by atoms with Crippen molar-refractivity contribution < 1.29 is 22.8 Å². The molecule has 0 spiro atoms.